The van der Waals surface area contributed by atoms with Crippen LogP contribution in [0.15, 0.2) is 35.2 Å². The van der Waals surface area contributed by atoms with E-state index in [1.807, 2.05) is 24.4 Å². The van der Waals surface area contributed by atoms with Gasteiger partial charge in [0, 0.05) is 12.0 Å². The lowest BCUT2D eigenvalue weighted by Gasteiger charge is -2.26. The normalized spacial score (nSPS) is 14.0. The molecule has 0 aliphatic heterocycles. The Morgan fingerprint density at radius 3 is 2.14 bits per heavy atom. The van der Waals surface area contributed by atoms with Crippen molar-refractivity contribution in [1.82, 2.24) is 0 Å². The second kappa shape index (κ2) is 5.00. The fraction of sp³-hybridized carbons (Fsp3) is 0.455. The molecule has 1 rings (SSSR count). The quantitative estimate of drug-likeness (QED) is 0.730. The zero-order chi connectivity index (χ0) is 10.6. The van der Waals surface area contributed by atoms with E-state index in [0.29, 0.717) is 5.04 Å². The highest BCUT2D eigenvalue weighted by atomic mass is 32.4. The van der Waals surface area contributed by atoms with Crippen LogP contribution in [0.3, 0.4) is 0 Å². The van der Waals surface area contributed by atoms with Gasteiger partial charge in [-0.2, -0.15) is 0 Å². The maximum Gasteiger partial charge on any atom is 0.247 e. The lowest BCUT2D eigenvalue weighted by molar-refractivity contribution is 0.410. The summed E-state index contributed by atoms with van der Waals surface area (Å²) in [6.45, 7) is 6.76. The van der Waals surface area contributed by atoms with Crippen LogP contribution < -0.4 is 0 Å². The molecule has 0 aromatic heterocycles. The Hall–Kier alpha value is -0.253. The van der Waals surface area contributed by atoms with Crippen LogP contribution in [-0.4, -0.2) is 15.3 Å². The molecule has 0 aliphatic carbocycles. The average molecular weight is 226 g/mol. The summed E-state index contributed by atoms with van der Waals surface area (Å²) in [6.07, 6.45) is 0. The third-order valence-corrected chi connectivity index (χ3v) is 8.67. The molecule has 1 nitrogen and oxygen atoms in total. The van der Waals surface area contributed by atoms with E-state index in [0.717, 1.165) is 0 Å². The van der Waals surface area contributed by atoms with Crippen molar-refractivity contribution in [3.63, 3.8) is 0 Å². The van der Waals surface area contributed by atoms with E-state index in [4.69, 9.17) is 4.43 Å². The summed E-state index contributed by atoms with van der Waals surface area (Å²) in [5.74, 6) is 0. The third kappa shape index (κ3) is 3.48. The van der Waals surface area contributed by atoms with Crippen LogP contribution in [0.25, 0.3) is 0 Å². The van der Waals surface area contributed by atoms with Gasteiger partial charge in [-0.25, -0.2) is 0 Å². The second-order valence-corrected chi connectivity index (χ2v) is 9.93. The van der Waals surface area contributed by atoms with Crippen molar-refractivity contribution in [3.8, 4) is 0 Å². The highest BCUT2D eigenvalue weighted by Gasteiger charge is 2.27. The summed E-state index contributed by atoms with van der Waals surface area (Å²) in [5, 5.41) is 0.301. The maximum absolute atomic E-state index is 5.62. The largest absolute Gasteiger partial charge is 0.412 e. The Balaban J connectivity index is 2.67. The van der Waals surface area contributed by atoms with Gasteiger partial charge in [-0.3, -0.25) is 0 Å². The van der Waals surface area contributed by atoms with Gasteiger partial charge in [-0.05, 0) is 17.2 Å². The van der Waals surface area contributed by atoms with Gasteiger partial charge < -0.3 is 4.43 Å². The van der Waals surface area contributed by atoms with Crippen molar-refractivity contribution in [3.05, 3.63) is 30.3 Å². The topological polar surface area (TPSA) is 9.23 Å². The summed E-state index contributed by atoms with van der Waals surface area (Å²) in [5.41, 5.74) is 0. The van der Waals surface area contributed by atoms with Gasteiger partial charge in [0.2, 0.25) is 8.19 Å². The predicted molar refractivity (Wildman–Crippen MR) is 66.2 cm³/mol. The first-order valence-corrected chi connectivity index (χ1v) is 8.13. The van der Waals surface area contributed by atoms with E-state index in [2.05, 4.69) is 45.0 Å². The number of hydrogen-bond donors (Lipinski definition) is 0. The fourth-order valence-electron chi connectivity index (χ4n) is 1.20. The summed E-state index contributed by atoms with van der Waals surface area (Å²) < 4.78 is 5.62. The van der Waals surface area contributed by atoms with Gasteiger partial charge in [0.25, 0.3) is 0 Å². The van der Waals surface area contributed by atoms with Crippen LogP contribution in [0.4, 0.5) is 0 Å². The molecule has 0 radical (unpaired) electrons. The molecule has 3 heteroatoms. The van der Waals surface area contributed by atoms with Gasteiger partial charge in [0.05, 0.1) is 0 Å². The van der Waals surface area contributed by atoms with Crippen LogP contribution in [-0.2, 0) is 4.43 Å². The van der Waals surface area contributed by atoms with Crippen molar-refractivity contribution in [2.45, 2.75) is 30.7 Å². The number of hydrogen-bond acceptors (Lipinski definition) is 2. The molecule has 78 valence electrons. The van der Waals surface area contributed by atoms with E-state index in [9.17, 15) is 0 Å². The molecule has 1 aromatic rings. The van der Waals surface area contributed by atoms with E-state index in [1.165, 1.54) is 4.90 Å². The average Bonchev–Trinajstić information content (AvgIpc) is 2.14. The van der Waals surface area contributed by atoms with Crippen molar-refractivity contribution in [1.29, 1.82) is 0 Å². The summed E-state index contributed by atoms with van der Waals surface area (Å²) >= 11 is 1.91. The molecular formula is C11H18OSSi. The van der Waals surface area contributed by atoms with Crippen LogP contribution in [0.1, 0.15) is 20.8 Å². The SMILES string of the molecule is CO[SiH](Sc1ccccc1)C(C)(C)C. The minimum Gasteiger partial charge on any atom is -0.412 e. The van der Waals surface area contributed by atoms with E-state index in [1.54, 1.807) is 0 Å². The second-order valence-electron chi connectivity index (χ2n) is 4.36. The molecule has 0 saturated carbocycles. The van der Waals surface area contributed by atoms with Gasteiger partial charge >= 0.3 is 0 Å². The van der Waals surface area contributed by atoms with Crippen molar-refractivity contribution in [2.24, 2.45) is 0 Å². The summed E-state index contributed by atoms with van der Waals surface area (Å²) in [7, 11) is 0.620. The predicted octanol–water partition coefficient (Wildman–Crippen LogP) is 3.45. The molecule has 0 spiro atoms. The monoisotopic (exact) mass is 226 g/mol. The van der Waals surface area contributed by atoms with Crippen LogP contribution >= 0.6 is 11.2 Å². The molecule has 0 amide bonds. The van der Waals surface area contributed by atoms with Gasteiger partial charge in [0.15, 0.2) is 0 Å². The lowest BCUT2D eigenvalue weighted by atomic mass is 10.3. The van der Waals surface area contributed by atoms with Crippen LogP contribution in [0.2, 0.25) is 5.04 Å². The van der Waals surface area contributed by atoms with Crippen LogP contribution in [0.5, 0.6) is 0 Å². The minimum absolute atomic E-state index is 0.301. The number of benzene rings is 1. The highest BCUT2D eigenvalue weighted by Crippen LogP contribution is 2.37. The zero-order valence-corrected chi connectivity index (χ0v) is 11.3. The fourth-order valence-corrected chi connectivity index (χ4v) is 5.48. The van der Waals surface area contributed by atoms with Crippen molar-refractivity contribution in [2.75, 3.05) is 7.11 Å². The minimum atomic E-state index is -1.21. The molecule has 0 aliphatic rings. The lowest BCUT2D eigenvalue weighted by Crippen LogP contribution is -2.24. The molecule has 1 atom stereocenters. The molecule has 0 saturated heterocycles. The first-order chi connectivity index (χ1) is 6.54. The Morgan fingerprint density at radius 1 is 1.14 bits per heavy atom. The van der Waals surface area contributed by atoms with Gasteiger partial charge in [-0.1, -0.05) is 39.0 Å². The molecule has 0 heterocycles. The molecule has 0 fully saturated rings. The Labute approximate surface area is 92.2 Å². The van der Waals surface area contributed by atoms with E-state index >= 15 is 0 Å². The maximum atomic E-state index is 5.62. The van der Waals surface area contributed by atoms with Crippen LogP contribution in [0, 0.1) is 0 Å². The molecule has 14 heavy (non-hydrogen) atoms. The molecular weight excluding hydrogens is 208 g/mol. The molecule has 1 unspecified atom stereocenters. The van der Waals surface area contributed by atoms with Crippen molar-refractivity contribution >= 4 is 19.4 Å². The standard InChI is InChI=1S/C11H18OSSi/c1-11(2,3)14(12-4)13-10-8-6-5-7-9-10/h5-9,14H,1-4H3. The first-order valence-electron chi connectivity index (χ1n) is 4.78. The van der Waals surface area contributed by atoms with Crippen molar-refractivity contribution < 1.29 is 4.43 Å². The molecule has 1 aromatic carbocycles. The van der Waals surface area contributed by atoms with Gasteiger partial charge in [0.1, 0.15) is 0 Å². The third-order valence-electron chi connectivity index (χ3n) is 1.91. The smallest absolute Gasteiger partial charge is 0.247 e. The zero-order valence-electron chi connectivity index (χ0n) is 9.28. The molecule has 0 N–H and O–H groups in total. The Morgan fingerprint density at radius 2 is 1.71 bits per heavy atom. The summed E-state index contributed by atoms with van der Waals surface area (Å²) in [6, 6.07) is 10.5. The van der Waals surface area contributed by atoms with E-state index < -0.39 is 8.19 Å². The molecule has 0 bridgehead atoms. The highest BCUT2D eigenvalue weighted by molar-refractivity contribution is 8.25. The Bertz CT molecular complexity index is 268. The Kier molecular flexibility index (Phi) is 4.23. The number of rotatable bonds is 3. The van der Waals surface area contributed by atoms with E-state index in [-0.39, 0.29) is 0 Å². The first kappa shape index (κ1) is 11.8. The van der Waals surface area contributed by atoms with Gasteiger partial charge in [-0.15, -0.1) is 11.2 Å². The summed E-state index contributed by atoms with van der Waals surface area (Å²) in [4.78, 5) is 1.32.